The van der Waals surface area contributed by atoms with Crippen molar-refractivity contribution in [3.8, 4) is 0 Å². The maximum Gasteiger partial charge on any atom is 0.408 e. The van der Waals surface area contributed by atoms with E-state index in [1.165, 1.54) is 11.9 Å². The Balaban J connectivity index is 1.59. The predicted molar refractivity (Wildman–Crippen MR) is 187 cm³/mol. The number of esters is 2. The molecule has 1 aromatic carbocycles. The van der Waals surface area contributed by atoms with Crippen molar-refractivity contribution in [3.05, 3.63) is 41.7 Å². The van der Waals surface area contributed by atoms with E-state index in [2.05, 4.69) is 26.0 Å². The van der Waals surface area contributed by atoms with Crippen LogP contribution in [-0.4, -0.2) is 80.7 Å². The van der Waals surface area contributed by atoms with Gasteiger partial charge in [0.05, 0.1) is 29.3 Å². The fourth-order valence-corrected chi connectivity index (χ4v) is 5.02. The molecule has 1 aromatic heterocycles. The number of nitrogens with one attached hydrogen (secondary N) is 3. The number of rotatable bonds is 11. The molecular formula is C36H52N6O8. The van der Waals surface area contributed by atoms with E-state index in [4.69, 9.17) is 14.2 Å². The number of fused-ring (bicyclic) bond motifs is 1. The first kappa shape index (κ1) is 39.8. The summed E-state index contributed by atoms with van der Waals surface area (Å²) in [6.07, 6.45) is 4.71. The second-order valence-corrected chi connectivity index (χ2v) is 14.7. The highest BCUT2D eigenvalue weighted by atomic mass is 16.6. The van der Waals surface area contributed by atoms with Crippen LogP contribution in [0.3, 0.4) is 0 Å². The van der Waals surface area contributed by atoms with E-state index < -0.39 is 59.3 Å². The monoisotopic (exact) mass is 696 g/mol. The quantitative estimate of drug-likeness (QED) is 0.222. The van der Waals surface area contributed by atoms with Gasteiger partial charge in [-0.1, -0.05) is 32.1 Å². The Morgan fingerprint density at radius 1 is 0.980 bits per heavy atom. The van der Waals surface area contributed by atoms with Crippen LogP contribution in [0.15, 0.2) is 30.5 Å². The molecule has 4 atom stereocenters. The van der Waals surface area contributed by atoms with Crippen molar-refractivity contribution < 1.29 is 38.2 Å². The fraction of sp³-hybridized carbons (Fsp3) is 0.583. The molecule has 14 nitrogen and oxygen atoms in total. The van der Waals surface area contributed by atoms with E-state index in [9.17, 15) is 24.0 Å². The molecule has 1 fully saturated rings. The Bertz CT molecular complexity index is 1580. The Morgan fingerprint density at radius 3 is 2.30 bits per heavy atom. The number of alkyl carbamates (subject to hydrolysis) is 1. The second-order valence-electron chi connectivity index (χ2n) is 14.7. The highest BCUT2D eigenvalue weighted by Crippen LogP contribution is 2.21. The molecule has 1 unspecified atom stereocenters. The first-order valence-corrected chi connectivity index (χ1v) is 17.0. The number of benzene rings is 1. The lowest BCUT2D eigenvalue weighted by atomic mass is 10.0. The van der Waals surface area contributed by atoms with Crippen LogP contribution in [0, 0.1) is 5.92 Å². The molecule has 1 saturated heterocycles. The Hall–Kier alpha value is -4.59. The van der Waals surface area contributed by atoms with Crippen LogP contribution in [0.2, 0.25) is 0 Å². The summed E-state index contributed by atoms with van der Waals surface area (Å²) in [6, 6.07) is 2.83. The highest BCUT2D eigenvalue weighted by Gasteiger charge is 2.34. The van der Waals surface area contributed by atoms with Gasteiger partial charge in [-0.15, -0.1) is 0 Å². The van der Waals surface area contributed by atoms with Crippen molar-refractivity contribution in [2.75, 3.05) is 6.54 Å². The number of carbonyl (C=O) groups excluding carboxylic acids is 5. The molecule has 2 heterocycles. The van der Waals surface area contributed by atoms with Crippen LogP contribution in [0.5, 0.6) is 0 Å². The predicted octanol–water partition coefficient (Wildman–Crippen LogP) is 4.53. The third-order valence-corrected chi connectivity index (χ3v) is 7.40. The van der Waals surface area contributed by atoms with Crippen molar-refractivity contribution in [1.29, 1.82) is 0 Å². The molecule has 1 aliphatic rings. The lowest BCUT2D eigenvalue weighted by Crippen LogP contribution is -2.61. The maximum absolute atomic E-state index is 13.3. The van der Waals surface area contributed by atoms with Crippen LogP contribution in [0.1, 0.15) is 106 Å². The van der Waals surface area contributed by atoms with Gasteiger partial charge >= 0.3 is 18.0 Å². The average Bonchev–Trinajstić information content (AvgIpc) is 3.01. The number of ether oxygens (including phenoxy) is 3. The number of hydrazine groups is 1. The summed E-state index contributed by atoms with van der Waals surface area (Å²) in [5.41, 5.74) is 4.16. The molecule has 3 amide bonds. The van der Waals surface area contributed by atoms with Crippen molar-refractivity contribution in [2.24, 2.45) is 5.92 Å². The van der Waals surface area contributed by atoms with Crippen LogP contribution in [-0.2, 0) is 33.4 Å². The standard InChI is InChI=1S/C36H52N6O8/c1-21(2)30(40-34(47)50-36(8,9)10)31(44)38-22(3)32(45)42-18-12-14-26(41-42)33(46)48-23(4)28-20-37-25-17-16-24(19-27(25)39-28)13-11-15-29(43)49-35(5,6)7/h11,13,16-17,19-23,26,30,41H,12,14-15,18H2,1-10H3,(H,38,44)(H,40,47)/b13-11+/t22-,23+,26-,30?/m0/s1. The summed E-state index contributed by atoms with van der Waals surface area (Å²) in [6.45, 7) is 17.7. The minimum atomic E-state index is -0.949. The number of nitrogens with zero attached hydrogens (tertiary/aromatic N) is 3. The molecule has 0 bridgehead atoms. The van der Waals surface area contributed by atoms with Crippen molar-refractivity contribution >= 4 is 47.0 Å². The molecular weight excluding hydrogens is 644 g/mol. The van der Waals surface area contributed by atoms with E-state index in [-0.39, 0.29) is 18.3 Å². The van der Waals surface area contributed by atoms with Crippen LogP contribution >= 0.6 is 0 Å². The lowest BCUT2D eigenvalue weighted by molar-refractivity contribution is -0.157. The molecule has 1 aliphatic heterocycles. The largest absolute Gasteiger partial charge is 0.460 e. The molecule has 50 heavy (non-hydrogen) atoms. The zero-order valence-corrected chi connectivity index (χ0v) is 30.8. The second kappa shape index (κ2) is 16.9. The van der Waals surface area contributed by atoms with Gasteiger partial charge in [0.25, 0.3) is 5.91 Å². The van der Waals surface area contributed by atoms with E-state index in [1.54, 1.807) is 59.9 Å². The fourth-order valence-electron chi connectivity index (χ4n) is 5.02. The van der Waals surface area contributed by atoms with Gasteiger partial charge in [0.1, 0.15) is 35.4 Å². The molecule has 0 aliphatic carbocycles. The van der Waals surface area contributed by atoms with Gasteiger partial charge in [-0.05, 0) is 91.8 Å². The summed E-state index contributed by atoms with van der Waals surface area (Å²) < 4.78 is 16.4. The summed E-state index contributed by atoms with van der Waals surface area (Å²) in [7, 11) is 0. The minimum absolute atomic E-state index is 0.131. The van der Waals surface area contributed by atoms with E-state index in [1.807, 2.05) is 39.0 Å². The zero-order valence-electron chi connectivity index (χ0n) is 30.8. The SMILES string of the molecule is CC(C)C(NC(=O)OC(C)(C)C)C(=O)N[C@@H](C)C(=O)N1CCC[C@@H](C(=O)O[C@H](C)c2cnc3ccc(/C=C/CC(=O)OC(C)(C)C)cc3n2)N1. The van der Waals surface area contributed by atoms with E-state index >= 15 is 0 Å². The first-order valence-electron chi connectivity index (χ1n) is 17.0. The molecule has 0 saturated carbocycles. The van der Waals surface area contributed by atoms with Crippen LogP contribution in [0.25, 0.3) is 17.1 Å². The molecule has 274 valence electrons. The number of carbonyl (C=O) groups is 5. The third-order valence-electron chi connectivity index (χ3n) is 7.40. The minimum Gasteiger partial charge on any atom is -0.460 e. The smallest absolute Gasteiger partial charge is 0.408 e. The number of hydrogen-bond acceptors (Lipinski definition) is 11. The average molecular weight is 697 g/mol. The maximum atomic E-state index is 13.3. The molecule has 3 rings (SSSR count). The number of aromatic nitrogens is 2. The van der Waals surface area contributed by atoms with Crippen LogP contribution in [0.4, 0.5) is 4.79 Å². The Labute approximate surface area is 294 Å². The van der Waals surface area contributed by atoms with Gasteiger partial charge in [0.15, 0.2) is 0 Å². The third kappa shape index (κ3) is 12.4. The van der Waals surface area contributed by atoms with Gasteiger partial charge in [-0.3, -0.25) is 29.2 Å². The summed E-state index contributed by atoms with van der Waals surface area (Å²) in [5, 5.41) is 6.56. The Kier molecular flexibility index (Phi) is 13.5. The molecule has 2 aromatic rings. The lowest BCUT2D eigenvalue weighted by Gasteiger charge is -2.35. The Morgan fingerprint density at radius 2 is 1.66 bits per heavy atom. The molecule has 0 radical (unpaired) electrons. The van der Waals surface area contributed by atoms with Gasteiger partial charge in [-0.25, -0.2) is 15.2 Å². The van der Waals surface area contributed by atoms with Crippen molar-refractivity contribution in [2.45, 2.75) is 124 Å². The molecule has 14 heteroatoms. The van der Waals surface area contributed by atoms with Gasteiger partial charge in [0.2, 0.25) is 5.91 Å². The number of amides is 3. The highest BCUT2D eigenvalue weighted by molar-refractivity contribution is 5.91. The summed E-state index contributed by atoms with van der Waals surface area (Å²) in [5.74, 6) is -2.14. The van der Waals surface area contributed by atoms with E-state index in [0.29, 0.717) is 36.1 Å². The van der Waals surface area contributed by atoms with Gasteiger partial charge in [0, 0.05) is 6.54 Å². The van der Waals surface area contributed by atoms with Gasteiger partial charge in [-0.2, -0.15) is 0 Å². The normalized spacial score (nSPS) is 17.2. The van der Waals surface area contributed by atoms with Crippen molar-refractivity contribution in [1.82, 2.24) is 31.0 Å². The first-order chi connectivity index (χ1) is 23.2. The molecule has 0 spiro atoms. The van der Waals surface area contributed by atoms with Gasteiger partial charge < -0.3 is 24.8 Å². The molecule has 3 N–H and O–H groups in total. The van der Waals surface area contributed by atoms with Crippen molar-refractivity contribution in [3.63, 3.8) is 0 Å². The summed E-state index contributed by atoms with van der Waals surface area (Å²) >= 11 is 0. The zero-order chi connectivity index (χ0) is 37.4. The number of hydrogen-bond donors (Lipinski definition) is 3. The topological polar surface area (TPSA) is 178 Å². The van der Waals surface area contributed by atoms with Crippen LogP contribution < -0.4 is 16.1 Å². The van der Waals surface area contributed by atoms with E-state index in [0.717, 1.165) is 5.56 Å². The summed E-state index contributed by atoms with van der Waals surface area (Å²) in [4.78, 5) is 73.0.